The van der Waals surface area contributed by atoms with Gasteiger partial charge in [-0.15, -0.1) is 11.3 Å². The van der Waals surface area contributed by atoms with Crippen LogP contribution in [0.1, 0.15) is 10.4 Å². The van der Waals surface area contributed by atoms with Gasteiger partial charge in [0.25, 0.3) is 0 Å². The van der Waals surface area contributed by atoms with E-state index in [-0.39, 0.29) is 0 Å². The lowest BCUT2D eigenvalue weighted by Gasteiger charge is -1.97. The zero-order chi connectivity index (χ0) is 9.97. The van der Waals surface area contributed by atoms with E-state index in [9.17, 15) is 0 Å². The summed E-state index contributed by atoms with van der Waals surface area (Å²) >= 11 is 7.39. The molecule has 1 aromatic heterocycles. The van der Waals surface area contributed by atoms with E-state index < -0.39 is 0 Å². The van der Waals surface area contributed by atoms with Crippen LogP contribution in [0, 0.1) is 0 Å². The smallest absolute Gasteiger partial charge is 0.180 e. The Labute approximate surface area is 91.4 Å². The number of halogens is 1. The molecule has 0 spiro atoms. The zero-order valence-electron chi connectivity index (χ0n) is 7.40. The minimum Gasteiger partial charge on any atom is -0.375 e. The molecular weight excluding hydrogens is 216 g/mol. The molecule has 0 amide bonds. The van der Waals surface area contributed by atoms with Crippen LogP contribution in [-0.4, -0.2) is 4.98 Å². The van der Waals surface area contributed by atoms with Crippen LogP contribution in [-0.2, 0) is 6.42 Å². The molecule has 2 N–H and O–H groups in total. The minimum atomic E-state index is 0.613. The largest absolute Gasteiger partial charge is 0.375 e. The number of hydrogen-bond acceptors (Lipinski definition) is 3. The molecule has 0 radical (unpaired) electrons. The number of aromatic nitrogens is 1. The maximum Gasteiger partial charge on any atom is 0.180 e. The summed E-state index contributed by atoms with van der Waals surface area (Å²) in [4.78, 5) is 5.16. The third-order valence-electron chi connectivity index (χ3n) is 1.84. The van der Waals surface area contributed by atoms with Crippen molar-refractivity contribution >= 4 is 28.1 Å². The van der Waals surface area contributed by atoms with Gasteiger partial charge in [-0.2, -0.15) is 0 Å². The highest BCUT2D eigenvalue weighted by atomic mass is 35.5. The fourth-order valence-corrected chi connectivity index (χ4v) is 2.18. The molecule has 0 saturated carbocycles. The maximum atomic E-state index is 5.88. The maximum absolute atomic E-state index is 5.88. The third-order valence-corrected chi connectivity index (χ3v) is 2.90. The monoisotopic (exact) mass is 224 g/mol. The van der Waals surface area contributed by atoms with Crippen LogP contribution in [0.2, 0.25) is 5.02 Å². The molecule has 0 saturated heterocycles. The minimum absolute atomic E-state index is 0.613. The Morgan fingerprint density at radius 1 is 1.43 bits per heavy atom. The first-order valence-corrected chi connectivity index (χ1v) is 5.38. The molecule has 0 aliphatic heterocycles. The van der Waals surface area contributed by atoms with E-state index in [1.165, 1.54) is 16.9 Å². The second-order valence-corrected chi connectivity index (χ2v) is 4.55. The summed E-state index contributed by atoms with van der Waals surface area (Å²) in [5.74, 6) is 0. The van der Waals surface area contributed by atoms with Crippen molar-refractivity contribution in [3.8, 4) is 0 Å². The Morgan fingerprint density at radius 3 is 2.93 bits per heavy atom. The van der Waals surface area contributed by atoms with Gasteiger partial charge in [-0.1, -0.05) is 23.7 Å². The van der Waals surface area contributed by atoms with Crippen LogP contribution in [0.25, 0.3) is 0 Å². The Kier molecular flexibility index (Phi) is 2.70. The van der Waals surface area contributed by atoms with Crippen LogP contribution in [0.4, 0.5) is 5.13 Å². The second kappa shape index (κ2) is 3.98. The second-order valence-electron chi connectivity index (χ2n) is 2.97. The van der Waals surface area contributed by atoms with Crippen molar-refractivity contribution in [2.24, 2.45) is 0 Å². The summed E-state index contributed by atoms with van der Waals surface area (Å²) in [6, 6.07) is 7.81. The van der Waals surface area contributed by atoms with E-state index in [0.717, 1.165) is 16.3 Å². The van der Waals surface area contributed by atoms with Crippen LogP contribution in [0.3, 0.4) is 0 Å². The van der Waals surface area contributed by atoms with Crippen molar-refractivity contribution in [2.75, 3.05) is 5.73 Å². The molecule has 4 heteroatoms. The van der Waals surface area contributed by atoms with Gasteiger partial charge >= 0.3 is 0 Å². The summed E-state index contributed by atoms with van der Waals surface area (Å²) in [7, 11) is 0. The summed E-state index contributed by atoms with van der Waals surface area (Å²) in [6.07, 6.45) is 2.65. The van der Waals surface area contributed by atoms with E-state index in [1.54, 1.807) is 6.20 Å². The highest BCUT2D eigenvalue weighted by Crippen LogP contribution is 2.20. The zero-order valence-corrected chi connectivity index (χ0v) is 8.98. The van der Waals surface area contributed by atoms with Crippen LogP contribution >= 0.6 is 22.9 Å². The highest BCUT2D eigenvalue weighted by molar-refractivity contribution is 7.15. The fraction of sp³-hybridized carbons (Fsp3) is 0.100. The quantitative estimate of drug-likeness (QED) is 0.852. The molecule has 0 fully saturated rings. The number of nitrogens with zero attached hydrogens (tertiary/aromatic N) is 1. The molecule has 0 unspecified atom stereocenters. The van der Waals surface area contributed by atoms with Gasteiger partial charge in [-0.3, -0.25) is 0 Å². The standard InChI is InChI=1S/C10H9ClN2S/c11-8-3-1-2-7(4-8)5-9-6-13-10(12)14-9/h1-4,6H,5H2,(H2,12,13). The van der Waals surface area contributed by atoms with E-state index in [2.05, 4.69) is 4.98 Å². The third kappa shape index (κ3) is 2.25. The van der Waals surface area contributed by atoms with Crippen LogP contribution in [0.15, 0.2) is 30.5 Å². The van der Waals surface area contributed by atoms with Gasteiger partial charge in [-0.05, 0) is 17.7 Å². The van der Waals surface area contributed by atoms with Crippen molar-refractivity contribution in [3.63, 3.8) is 0 Å². The molecule has 0 atom stereocenters. The first kappa shape index (κ1) is 9.49. The summed E-state index contributed by atoms with van der Waals surface area (Å²) < 4.78 is 0. The molecule has 2 nitrogen and oxygen atoms in total. The molecule has 2 rings (SSSR count). The SMILES string of the molecule is Nc1ncc(Cc2cccc(Cl)c2)s1. The van der Waals surface area contributed by atoms with E-state index in [0.29, 0.717) is 5.13 Å². The lowest BCUT2D eigenvalue weighted by atomic mass is 10.1. The van der Waals surface area contributed by atoms with Crippen molar-refractivity contribution in [1.29, 1.82) is 0 Å². The van der Waals surface area contributed by atoms with Gasteiger partial charge < -0.3 is 5.73 Å². The van der Waals surface area contributed by atoms with Gasteiger partial charge in [0.1, 0.15) is 0 Å². The fourth-order valence-electron chi connectivity index (χ4n) is 1.25. The molecular formula is C10H9ClN2S. The van der Waals surface area contributed by atoms with E-state index in [1.807, 2.05) is 24.3 Å². The van der Waals surface area contributed by atoms with Gasteiger partial charge in [0.15, 0.2) is 5.13 Å². The number of hydrogen-bond donors (Lipinski definition) is 1. The van der Waals surface area contributed by atoms with Crippen LogP contribution in [0.5, 0.6) is 0 Å². The molecule has 0 bridgehead atoms. The summed E-state index contributed by atoms with van der Waals surface area (Å²) in [5.41, 5.74) is 6.73. The Morgan fingerprint density at radius 2 is 2.29 bits per heavy atom. The molecule has 0 aliphatic carbocycles. The first-order valence-electron chi connectivity index (χ1n) is 4.18. The molecule has 1 heterocycles. The van der Waals surface area contributed by atoms with Crippen molar-refractivity contribution in [2.45, 2.75) is 6.42 Å². The number of nitrogen functional groups attached to an aromatic ring is 1. The molecule has 2 aromatic rings. The van der Waals surface area contributed by atoms with Crippen molar-refractivity contribution < 1.29 is 0 Å². The van der Waals surface area contributed by atoms with Crippen molar-refractivity contribution in [1.82, 2.24) is 4.98 Å². The number of rotatable bonds is 2. The Bertz CT molecular complexity index is 439. The van der Waals surface area contributed by atoms with Crippen LogP contribution < -0.4 is 5.73 Å². The van der Waals surface area contributed by atoms with Gasteiger partial charge in [0, 0.05) is 22.5 Å². The number of anilines is 1. The Hall–Kier alpha value is -1.06. The number of benzene rings is 1. The average Bonchev–Trinajstić information content (AvgIpc) is 2.51. The first-order chi connectivity index (χ1) is 6.74. The predicted octanol–water partition coefficient (Wildman–Crippen LogP) is 2.97. The van der Waals surface area contributed by atoms with Crippen molar-refractivity contribution in [3.05, 3.63) is 45.9 Å². The molecule has 14 heavy (non-hydrogen) atoms. The number of nitrogens with two attached hydrogens (primary N) is 1. The summed E-state index contributed by atoms with van der Waals surface area (Å²) in [5, 5.41) is 1.38. The van der Waals surface area contributed by atoms with Gasteiger partial charge in [-0.25, -0.2) is 4.98 Å². The number of thiazole rings is 1. The highest BCUT2D eigenvalue weighted by Gasteiger charge is 2.00. The molecule has 72 valence electrons. The van der Waals surface area contributed by atoms with E-state index in [4.69, 9.17) is 17.3 Å². The normalized spacial score (nSPS) is 10.4. The summed E-state index contributed by atoms with van der Waals surface area (Å²) in [6.45, 7) is 0. The Balaban J connectivity index is 2.18. The van der Waals surface area contributed by atoms with Gasteiger partial charge in [0.05, 0.1) is 0 Å². The topological polar surface area (TPSA) is 38.9 Å². The lowest BCUT2D eigenvalue weighted by molar-refractivity contribution is 1.22. The predicted molar refractivity (Wildman–Crippen MR) is 60.8 cm³/mol. The van der Waals surface area contributed by atoms with E-state index >= 15 is 0 Å². The van der Waals surface area contributed by atoms with Gasteiger partial charge in [0.2, 0.25) is 0 Å². The molecule has 0 aliphatic rings. The average molecular weight is 225 g/mol. The molecule has 1 aromatic carbocycles. The lowest BCUT2D eigenvalue weighted by Crippen LogP contribution is -1.83.